The molecular weight excluding hydrogens is 604 g/mol. The van der Waals surface area contributed by atoms with Crippen molar-refractivity contribution in [1.29, 1.82) is 0 Å². The highest BCUT2D eigenvalue weighted by Gasteiger charge is 2.14. The lowest BCUT2D eigenvalue weighted by Crippen LogP contribution is -2.01. The van der Waals surface area contributed by atoms with Crippen LogP contribution in [0, 0.1) is 17.6 Å². The van der Waals surface area contributed by atoms with Gasteiger partial charge in [0.05, 0.1) is 12.8 Å². The molecule has 0 atom stereocenters. The molecule has 1 aromatic heterocycles. The molecule has 0 aliphatic rings. The topological polar surface area (TPSA) is 27.1 Å². The second-order valence-corrected chi connectivity index (χ2v) is 7.89. The van der Waals surface area contributed by atoms with Gasteiger partial charge in [-0.15, -0.1) is 0 Å². The molecule has 0 amide bonds. The average Bonchev–Trinajstić information content (AvgIpc) is 2.53. The summed E-state index contributed by atoms with van der Waals surface area (Å²) in [5.41, 5.74) is 1.84. The van der Waals surface area contributed by atoms with Gasteiger partial charge >= 0.3 is 0 Å². The summed E-state index contributed by atoms with van der Waals surface area (Å²) in [6, 6.07) is 4.19. The second-order valence-electron chi connectivity index (χ2n) is 3.97. The summed E-state index contributed by atoms with van der Waals surface area (Å²) in [5, 5.41) is 4.91. The van der Waals surface area contributed by atoms with Crippen LogP contribution in [-0.4, -0.2) is 9.78 Å². The third kappa shape index (κ3) is 3.67. The molecule has 19 heavy (non-hydrogen) atoms. The molecule has 0 aliphatic heterocycles. The Kier molecular flexibility index (Phi) is 5.63. The number of ether oxygens (including phenoxy) is 1. The Morgan fingerprint density at radius 3 is 2.32 bits per heavy atom. The van der Waals surface area contributed by atoms with Crippen LogP contribution in [0.3, 0.4) is 0 Å². The van der Waals surface area contributed by atoms with E-state index in [1.165, 1.54) is 3.57 Å². The Balaban J connectivity index is 2.24. The molecule has 0 fully saturated rings. The maximum Gasteiger partial charge on any atom is 0.146 e. The van der Waals surface area contributed by atoms with Crippen LogP contribution in [0.4, 0.5) is 0 Å². The van der Waals surface area contributed by atoms with E-state index in [0.717, 1.165) is 24.1 Å². The molecule has 0 saturated carbocycles. The maximum atomic E-state index is 6.20. The second kappa shape index (κ2) is 6.65. The maximum absolute atomic E-state index is 6.20. The van der Waals surface area contributed by atoms with E-state index in [-0.39, 0.29) is 0 Å². The van der Waals surface area contributed by atoms with Gasteiger partial charge in [0.15, 0.2) is 0 Å². The van der Waals surface area contributed by atoms with Crippen molar-refractivity contribution < 1.29 is 4.74 Å². The van der Waals surface area contributed by atoms with Crippen molar-refractivity contribution in [3.63, 3.8) is 0 Å². The normalized spacial score (nSPS) is 10.8. The summed E-state index contributed by atoms with van der Waals surface area (Å²) in [6.07, 6.45) is 0. The lowest BCUT2D eigenvalue weighted by Gasteiger charge is -2.11. The molecule has 2 rings (SSSR count). The van der Waals surface area contributed by atoms with Crippen LogP contribution in [0.25, 0.3) is 0 Å². The van der Waals surface area contributed by atoms with Gasteiger partial charge in [0, 0.05) is 16.2 Å². The standard InChI is InChI=1S/C12H10ClI3N2O/c1-6-8(12(13)18(2)17-6)5-19-11-9(15)3-7(14)4-10(11)16/h3-4H,5H2,1-2H3. The molecular formula is C12H10ClI3N2O. The van der Waals surface area contributed by atoms with Gasteiger partial charge in [-0.3, -0.25) is 4.68 Å². The van der Waals surface area contributed by atoms with Crippen molar-refractivity contribution in [1.82, 2.24) is 9.78 Å². The van der Waals surface area contributed by atoms with E-state index in [9.17, 15) is 0 Å². The Labute approximate surface area is 157 Å². The summed E-state index contributed by atoms with van der Waals surface area (Å²) in [4.78, 5) is 0. The molecule has 0 spiro atoms. The van der Waals surface area contributed by atoms with Crippen molar-refractivity contribution in [2.75, 3.05) is 0 Å². The predicted molar refractivity (Wildman–Crippen MR) is 102 cm³/mol. The fourth-order valence-corrected chi connectivity index (χ4v) is 5.77. The Bertz CT molecular complexity index is 605. The number of aromatic nitrogens is 2. The van der Waals surface area contributed by atoms with Gasteiger partial charge in [-0.1, -0.05) is 11.6 Å². The van der Waals surface area contributed by atoms with E-state index in [2.05, 4.69) is 85.0 Å². The van der Waals surface area contributed by atoms with Gasteiger partial charge in [-0.05, 0) is 86.8 Å². The van der Waals surface area contributed by atoms with E-state index in [1.54, 1.807) is 4.68 Å². The number of rotatable bonds is 3. The summed E-state index contributed by atoms with van der Waals surface area (Å²) < 4.78 is 11.0. The minimum atomic E-state index is 0.436. The molecule has 0 aliphatic carbocycles. The number of aryl methyl sites for hydroxylation is 2. The van der Waals surface area contributed by atoms with Crippen LogP contribution in [0.5, 0.6) is 5.75 Å². The first-order valence-corrected chi connectivity index (χ1v) is 8.97. The van der Waals surface area contributed by atoms with Crippen LogP contribution < -0.4 is 4.74 Å². The molecule has 0 unspecified atom stereocenters. The van der Waals surface area contributed by atoms with E-state index in [0.29, 0.717) is 11.8 Å². The Morgan fingerprint density at radius 2 is 1.84 bits per heavy atom. The Hall–Kier alpha value is 0.710. The molecule has 0 bridgehead atoms. The van der Waals surface area contributed by atoms with Crippen molar-refractivity contribution >= 4 is 79.4 Å². The van der Waals surface area contributed by atoms with E-state index < -0.39 is 0 Å². The highest BCUT2D eigenvalue weighted by atomic mass is 127. The fraction of sp³-hybridized carbons (Fsp3) is 0.250. The van der Waals surface area contributed by atoms with E-state index >= 15 is 0 Å². The molecule has 2 aromatic rings. The molecule has 7 heteroatoms. The quantitative estimate of drug-likeness (QED) is 0.466. The largest absolute Gasteiger partial charge is 0.486 e. The highest BCUT2D eigenvalue weighted by molar-refractivity contribution is 14.1. The first kappa shape index (κ1) is 16.1. The zero-order chi connectivity index (χ0) is 14.2. The van der Waals surface area contributed by atoms with Gasteiger partial charge in [0.1, 0.15) is 17.5 Å². The summed E-state index contributed by atoms with van der Waals surface area (Å²) in [5.74, 6) is 0.904. The van der Waals surface area contributed by atoms with Crippen LogP contribution in [0.15, 0.2) is 12.1 Å². The molecule has 0 radical (unpaired) electrons. The van der Waals surface area contributed by atoms with Crippen LogP contribution in [0.1, 0.15) is 11.3 Å². The number of benzene rings is 1. The zero-order valence-corrected chi connectivity index (χ0v) is 17.4. The molecule has 1 heterocycles. The highest BCUT2D eigenvalue weighted by Crippen LogP contribution is 2.31. The number of halogens is 4. The minimum Gasteiger partial charge on any atom is -0.486 e. The molecule has 3 nitrogen and oxygen atoms in total. The third-order valence-corrected chi connectivity index (χ3v) is 5.29. The molecule has 1 aromatic carbocycles. The predicted octanol–water partition coefficient (Wildman–Crippen LogP) is 4.77. The number of nitrogens with zero attached hydrogens (tertiary/aromatic N) is 2. The van der Waals surface area contributed by atoms with Crippen LogP contribution in [0.2, 0.25) is 5.15 Å². The summed E-state index contributed by atoms with van der Waals surface area (Å²) in [6.45, 7) is 2.37. The smallest absolute Gasteiger partial charge is 0.146 e. The SMILES string of the molecule is Cc1nn(C)c(Cl)c1COc1c(I)cc(I)cc1I. The zero-order valence-electron chi connectivity index (χ0n) is 10.2. The van der Waals surface area contributed by atoms with E-state index in [1.807, 2.05) is 14.0 Å². The summed E-state index contributed by atoms with van der Waals surface area (Å²) >= 11 is 13.1. The number of hydrogen-bond donors (Lipinski definition) is 0. The van der Waals surface area contributed by atoms with Gasteiger partial charge < -0.3 is 4.74 Å². The van der Waals surface area contributed by atoms with Gasteiger partial charge in [0.2, 0.25) is 0 Å². The molecule has 0 N–H and O–H groups in total. The first-order valence-electron chi connectivity index (χ1n) is 5.35. The Morgan fingerprint density at radius 1 is 1.26 bits per heavy atom. The van der Waals surface area contributed by atoms with Gasteiger partial charge in [-0.2, -0.15) is 5.10 Å². The average molecular weight is 614 g/mol. The molecule has 0 saturated heterocycles. The first-order chi connectivity index (χ1) is 8.90. The third-order valence-electron chi connectivity index (χ3n) is 2.59. The van der Waals surface area contributed by atoms with E-state index in [4.69, 9.17) is 16.3 Å². The van der Waals surface area contributed by atoms with Gasteiger partial charge in [-0.25, -0.2) is 0 Å². The van der Waals surface area contributed by atoms with Crippen molar-refractivity contribution in [3.05, 3.63) is 39.3 Å². The minimum absolute atomic E-state index is 0.436. The fourth-order valence-electron chi connectivity index (χ4n) is 1.65. The monoisotopic (exact) mass is 614 g/mol. The van der Waals surface area contributed by atoms with Gasteiger partial charge in [0.25, 0.3) is 0 Å². The lowest BCUT2D eigenvalue weighted by atomic mass is 10.3. The molecule has 102 valence electrons. The van der Waals surface area contributed by atoms with Crippen LogP contribution in [-0.2, 0) is 13.7 Å². The van der Waals surface area contributed by atoms with Crippen molar-refractivity contribution in [3.8, 4) is 5.75 Å². The van der Waals surface area contributed by atoms with Crippen molar-refractivity contribution in [2.24, 2.45) is 7.05 Å². The number of hydrogen-bond acceptors (Lipinski definition) is 2. The summed E-state index contributed by atoms with van der Waals surface area (Å²) in [7, 11) is 1.83. The lowest BCUT2D eigenvalue weighted by molar-refractivity contribution is 0.301. The van der Waals surface area contributed by atoms with Crippen LogP contribution >= 0.6 is 79.4 Å². The van der Waals surface area contributed by atoms with Crippen molar-refractivity contribution in [2.45, 2.75) is 13.5 Å².